The quantitative estimate of drug-likeness (QED) is 0.771. The molecule has 128 valence electrons. The highest BCUT2D eigenvalue weighted by Crippen LogP contribution is 2.31. The summed E-state index contributed by atoms with van der Waals surface area (Å²) in [5.41, 5.74) is 8.81. The molecule has 0 fully saturated rings. The van der Waals surface area contributed by atoms with Gasteiger partial charge in [-0.15, -0.1) is 0 Å². The number of aromatic nitrogens is 2. The summed E-state index contributed by atoms with van der Waals surface area (Å²) in [6.45, 7) is 1.24. The first-order valence-electron chi connectivity index (χ1n) is 8.16. The van der Waals surface area contributed by atoms with Crippen LogP contribution >= 0.6 is 23.2 Å². The normalized spacial score (nSPS) is 13.1. The Bertz CT molecular complexity index is 757. The number of nitrogens with zero attached hydrogens (tertiary/aromatic N) is 2. The van der Waals surface area contributed by atoms with Gasteiger partial charge in [-0.3, -0.25) is 4.79 Å². The highest BCUT2D eigenvalue weighted by molar-refractivity contribution is 6.35. The largest absolute Gasteiger partial charge is 0.351 e. The number of rotatable bonds is 6. The molecule has 1 amide bonds. The standard InChI is InChI=1S/C17H20Cl2N4O/c18-11-6-7-15(13(19)10-11)23-14-5-3-4-12(14)16(22-23)17(24)21-9-2-1-8-20/h6-7,10H,1-5,8-9,20H2,(H,21,24). The van der Waals surface area contributed by atoms with Crippen LogP contribution < -0.4 is 11.1 Å². The van der Waals surface area contributed by atoms with Gasteiger partial charge in [0.1, 0.15) is 0 Å². The minimum Gasteiger partial charge on any atom is -0.351 e. The predicted molar refractivity (Wildman–Crippen MR) is 96.2 cm³/mol. The third kappa shape index (κ3) is 3.43. The highest BCUT2D eigenvalue weighted by Gasteiger charge is 2.27. The second-order valence-electron chi connectivity index (χ2n) is 5.89. The average Bonchev–Trinajstić information content (AvgIpc) is 3.14. The number of nitrogens with two attached hydrogens (primary N) is 1. The fourth-order valence-corrected chi connectivity index (χ4v) is 3.52. The van der Waals surface area contributed by atoms with Crippen LogP contribution in [0.25, 0.3) is 5.69 Å². The molecule has 1 aliphatic carbocycles. The maximum absolute atomic E-state index is 12.5. The molecule has 1 aromatic carbocycles. The van der Waals surface area contributed by atoms with Gasteiger partial charge in [0, 0.05) is 22.8 Å². The van der Waals surface area contributed by atoms with Gasteiger partial charge in [-0.2, -0.15) is 5.10 Å². The molecule has 3 rings (SSSR count). The van der Waals surface area contributed by atoms with Crippen molar-refractivity contribution in [1.29, 1.82) is 0 Å². The molecule has 1 aromatic heterocycles. The molecule has 0 bridgehead atoms. The van der Waals surface area contributed by atoms with Gasteiger partial charge in [-0.1, -0.05) is 23.2 Å². The molecule has 0 saturated heterocycles. The van der Waals surface area contributed by atoms with E-state index < -0.39 is 0 Å². The lowest BCUT2D eigenvalue weighted by atomic mass is 10.2. The van der Waals surface area contributed by atoms with Gasteiger partial charge in [0.05, 0.1) is 10.7 Å². The number of fused-ring (bicyclic) bond motifs is 1. The zero-order valence-corrected chi connectivity index (χ0v) is 14.8. The van der Waals surface area contributed by atoms with Gasteiger partial charge in [-0.05, 0) is 56.8 Å². The molecule has 7 heteroatoms. The van der Waals surface area contributed by atoms with E-state index in [-0.39, 0.29) is 5.91 Å². The molecule has 0 spiro atoms. The number of benzene rings is 1. The molecule has 5 nitrogen and oxygen atoms in total. The molecule has 0 saturated carbocycles. The second kappa shape index (κ2) is 7.55. The van der Waals surface area contributed by atoms with E-state index in [0.717, 1.165) is 49.0 Å². The van der Waals surface area contributed by atoms with Crippen molar-refractivity contribution < 1.29 is 4.79 Å². The molecule has 24 heavy (non-hydrogen) atoms. The Morgan fingerprint density at radius 1 is 1.29 bits per heavy atom. The van der Waals surface area contributed by atoms with Crippen LogP contribution in [0.4, 0.5) is 0 Å². The number of carbonyl (C=O) groups excluding carboxylic acids is 1. The fraction of sp³-hybridized carbons (Fsp3) is 0.412. The van der Waals surface area contributed by atoms with Crippen LogP contribution in [0.2, 0.25) is 10.0 Å². The second-order valence-corrected chi connectivity index (χ2v) is 6.73. The van der Waals surface area contributed by atoms with Gasteiger partial charge in [0.15, 0.2) is 5.69 Å². The van der Waals surface area contributed by atoms with E-state index in [9.17, 15) is 4.79 Å². The minimum absolute atomic E-state index is 0.131. The van der Waals surface area contributed by atoms with E-state index in [1.54, 1.807) is 16.8 Å². The Kier molecular flexibility index (Phi) is 5.43. The molecule has 0 radical (unpaired) electrons. The molecule has 0 atom stereocenters. The Morgan fingerprint density at radius 3 is 2.88 bits per heavy atom. The number of carbonyl (C=O) groups is 1. The van der Waals surface area contributed by atoms with E-state index in [1.165, 1.54) is 0 Å². The third-order valence-corrected chi connectivity index (χ3v) is 4.74. The van der Waals surface area contributed by atoms with Crippen molar-refractivity contribution in [2.24, 2.45) is 5.73 Å². The zero-order chi connectivity index (χ0) is 17.1. The number of hydrogen-bond acceptors (Lipinski definition) is 3. The number of amides is 1. The van der Waals surface area contributed by atoms with Gasteiger partial charge < -0.3 is 11.1 Å². The SMILES string of the molecule is NCCCCNC(=O)c1nn(-c2ccc(Cl)cc2Cl)c2c1CCC2. The van der Waals surface area contributed by atoms with E-state index in [4.69, 9.17) is 28.9 Å². The molecule has 1 aliphatic rings. The molecule has 2 aromatic rings. The summed E-state index contributed by atoms with van der Waals surface area (Å²) >= 11 is 12.3. The van der Waals surface area contributed by atoms with Crippen molar-refractivity contribution in [3.63, 3.8) is 0 Å². The van der Waals surface area contributed by atoms with Crippen molar-refractivity contribution in [2.45, 2.75) is 32.1 Å². The average molecular weight is 367 g/mol. The van der Waals surface area contributed by atoms with Crippen LogP contribution in [0.1, 0.15) is 41.0 Å². The molecular formula is C17H20Cl2N4O. The van der Waals surface area contributed by atoms with Crippen molar-refractivity contribution in [1.82, 2.24) is 15.1 Å². The molecule has 0 unspecified atom stereocenters. The van der Waals surface area contributed by atoms with Crippen LogP contribution in [0.5, 0.6) is 0 Å². The Balaban J connectivity index is 1.89. The maximum Gasteiger partial charge on any atom is 0.272 e. The summed E-state index contributed by atoms with van der Waals surface area (Å²) in [5.74, 6) is -0.131. The number of hydrogen-bond donors (Lipinski definition) is 2. The molecule has 3 N–H and O–H groups in total. The first kappa shape index (κ1) is 17.3. The van der Waals surface area contributed by atoms with Gasteiger partial charge in [0.25, 0.3) is 5.91 Å². The van der Waals surface area contributed by atoms with Crippen molar-refractivity contribution >= 4 is 29.1 Å². The van der Waals surface area contributed by atoms with Crippen LogP contribution in [0.15, 0.2) is 18.2 Å². The monoisotopic (exact) mass is 366 g/mol. The molecule has 0 aliphatic heterocycles. The van der Waals surface area contributed by atoms with Crippen molar-refractivity contribution in [3.05, 3.63) is 45.2 Å². The summed E-state index contributed by atoms with van der Waals surface area (Å²) in [6.07, 6.45) is 4.54. The summed E-state index contributed by atoms with van der Waals surface area (Å²) in [7, 11) is 0. The number of unbranched alkanes of at least 4 members (excludes halogenated alkanes) is 1. The molecule has 1 heterocycles. The van der Waals surface area contributed by atoms with E-state index in [2.05, 4.69) is 10.4 Å². The number of halogens is 2. The van der Waals surface area contributed by atoms with Crippen molar-refractivity contribution in [2.75, 3.05) is 13.1 Å². The van der Waals surface area contributed by atoms with Crippen LogP contribution in [-0.2, 0) is 12.8 Å². The highest BCUT2D eigenvalue weighted by atomic mass is 35.5. The number of nitrogens with one attached hydrogen (secondary N) is 1. The summed E-state index contributed by atoms with van der Waals surface area (Å²) < 4.78 is 1.79. The van der Waals surface area contributed by atoms with Crippen LogP contribution in [0.3, 0.4) is 0 Å². The predicted octanol–water partition coefficient (Wildman–Crippen LogP) is 3.14. The summed E-state index contributed by atoms with van der Waals surface area (Å²) in [5, 5.41) is 8.57. The minimum atomic E-state index is -0.131. The van der Waals surface area contributed by atoms with E-state index >= 15 is 0 Å². The smallest absolute Gasteiger partial charge is 0.272 e. The lowest BCUT2D eigenvalue weighted by Crippen LogP contribution is -2.26. The lowest BCUT2D eigenvalue weighted by molar-refractivity contribution is 0.0946. The fourth-order valence-electron chi connectivity index (χ4n) is 3.03. The molecular weight excluding hydrogens is 347 g/mol. The van der Waals surface area contributed by atoms with E-state index in [1.807, 2.05) is 6.07 Å². The summed E-state index contributed by atoms with van der Waals surface area (Å²) in [6, 6.07) is 5.30. The first-order chi connectivity index (χ1) is 11.6. The van der Waals surface area contributed by atoms with Crippen molar-refractivity contribution in [3.8, 4) is 5.69 Å². The Morgan fingerprint density at radius 2 is 2.12 bits per heavy atom. The lowest BCUT2D eigenvalue weighted by Gasteiger charge is -2.08. The van der Waals surface area contributed by atoms with Crippen LogP contribution in [0, 0.1) is 0 Å². The Labute approximate surface area is 151 Å². The van der Waals surface area contributed by atoms with Gasteiger partial charge in [-0.25, -0.2) is 4.68 Å². The van der Waals surface area contributed by atoms with Gasteiger partial charge in [0.2, 0.25) is 0 Å². The summed E-state index contributed by atoms with van der Waals surface area (Å²) in [4.78, 5) is 12.5. The third-order valence-electron chi connectivity index (χ3n) is 4.20. The maximum atomic E-state index is 12.5. The zero-order valence-electron chi connectivity index (χ0n) is 13.3. The van der Waals surface area contributed by atoms with Gasteiger partial charge >= 0.3 is 0 Å². The van der Waals surface area contributed by atoms with Crippen LogP contribution in [-0.4, -0.2) is 28.8 Å². The van der Waals surface area contributed by atoms with E-state index in [0.29, 0.717) is 28.8 Å². The Hall–Kier alpha value is -1.56. The first-order valence-corrected chi connectivity index (χ1v) is 8.92. The topological polar surface area (TPSA) is 72.9 Å².